The SMILES string of the molecule is CC1CN(C)C(C)CC1NCC1CCN(C2CC2)C1. The summed E-state index contributed by atoms with van der Waals surface area (Å²) in [5, 5.41) is 3.89. The van der Waals surface area contributed by atoms with E-state index in [4.69, 9.17) is 0 Å². The zero-order valence-corrected chi connectivity index (χ0v) is 12.9. The summed E-state index contributed by atoms with van der Waals surface area (Å²) in [7, 11) is 2.27. The monoisotopic (exact) mass is 265 g/mol. The highest BCUT2D eigenvalue weighted by molar-refractivity contribution is 4.91. The van der Waals surface area contributed by atoms with Crippen molar-refractivity contribution in [2.75, 3.05) is 33.2 Å². The fourth-order valence-electron chi connectivity index (χ4n) is 3.94. The smallest absolute Gasteiger partial charge is 0.0120 e. The molecular weight excluding hydrogens is 234 g/mol. The minimum atomic E-state index is 0.736. The van der Waals surface area contributed by atoms with Gasteiger partial charge in [0.05, 0.1) is 0 Å². The molecule has 0 aromatic rings. The molecule has 3 fully saturated rings. The lowest BCUT2D eigenvalue weighted by Gasteiger charge is -2.40. The van der Waals surface area contributed by atoms with Crippen LogP contribution < -0.4 is 5.32 Å². The van der Waals surface area contributed by atoms with Crippen molar-refractivity contribution in [2.45, 2.75) is 57.7 Å². The predicted octanol–water partition coefficient (Wildman–Crippen LogP) is 1.79. The molecule has 1 saturated carbocycles. The molecule has 0 bridgehead atoms. The van der Waals surface area contributed by atoms with Crippen molar-refractivity contribution in [1.29, 1.82) is 0 Å². The first kappa shape index (κ1) is 13.8. The Labute approximate surface area is 118 Å². The van der Waals surface area contributed by atoms with E-state index in [0.717, 1.165) is 30.0 Å². The molecule has 0 aromatic carbocycles. The number of nitrogens with one attached hydrogen (secondary N) is 1. The maximum Gasteiger partial charge on any atom is 0.0120 e. The van der Waals surface area contributed by atoms with Crippen LogP contribution in [-0.4, -0.2) is 61.2 Å². The van der Waals surface area contributed by atoms with E-state index in [1.165, 1.54) is 51.9 Å². The Balaban J connectivity index is 1.42. The lowest BCUT2D eigenvalue weighted by Crippen LogP contribution is -2.51. The normalized spacial score (nSPS) is 41.8. The first-order valence-corrected chi connectivity index (χ1v) is 8.31. The van der Waals surface area contributed by atoms with Crippen LogP contribution in [0.4, 0.5) is 0 Å². The number of hydrogen-bond acceptors (Lipinski definition) is 3. The van der Waals surface area contributed by atoms with Gasteiger partial charge in [0.15, 0.2) is 0 Å². The fraction of sp³-hybridized carbons (Fsp3) is 1.00. The zero-order valence-electron chi connectivity index (χ0n) is 12.9. The van der Waals surface area contributed by atoms with E-state index in [1.54, 1.807) is 0 Å². The molecule has 1 N–H and O–H groups in total. The Hall–Kier alpha value is -0.120. The van der Waals surface area contributed by atoms with E-state index in [-0.39, 0.29) is 0 Å². The Morgan fingerprint density at radius 3 is 2.63 bits per heavy atom. The molecule has 2 heterocycles. The van der Waals surface area contributed by atoms with Crippen LogP contribution in [0.15, 0.2) is 0 Å². The second-order valence-corrected chi connectivity index (χ2v) is 7.40. The van der Waals surface area contributed by atoms with Gasteiger partial charge in [-0.15, -0.1) is 0 Å². The molecule has 0 spiro atoms. The maximum absolute atomic E-state index is 3.89. The van der Waals surface area contributed by atoms with Gasteiger partial charge in [-0.2, -0.15) is 0 Å². The van der Waals surface area contributed by atoms with E-state index in [1.807, 2.05) is 0 Å². The first-order valence-electron chi connectivity index (χ1n) is 8.31. The van der Waals surface area contributed by atoms with Crippen molar-refractivity contribution in [3.8, 4) is 0 Å². The fourth-order valence-corrected chi connectivity index (χ4v) is 3.94. The van der Waals surface area contributed by atoms with Gasteiger partial charge in [-0.3, -0.25) is 0 Å². The van der Waals surface area contributed by atoms with Gasteiger partial charge in [-0.25, -0.2) is 0 Å². The molecule has 0 radical (unpaired) electrons. The second kappa shape index (κ2) is 5.71. The summed E-state index contributed by atoms with van der Waals surface area (Å²) in [4.78, 5) is 5.24. The average Bonchev–Trinajstić information content (AvgIpc) is 3.12. The second-order valence-electron chi connectivity index (χ2n) is 7.40. The molecule has 3 aliphatic rings. The molecule has 0 aromatic heterocycles. The van der Waals surface area contributed by atoms with Gasteiger partial charge >= 0.3 is 0 Å². The van der Waals surface area contributed by atoms with Crippen LogP contribution >= 0.6 is 0 Å². The van der Waals surface area contributed by atoms with Crippen molar-refractivity contribution in [3.63, 3.8) is 0 Å². The Bertz CT molecular complexity index is 302. The van der Waals surface area contributed by atoms with Gasteiger partial charge in [0.1, 0.15) is 0 Å². The van der Waals surface area contributed by atoms with E-state index in [0.29, 0.717) is 0 Å². The average molecular weight is 265 g/mol. The molecule has 3 rings (SSSR count). The zero-order chi connectivity index (χ0) is 13.4. The van der Waals surface area contributed by atoms with Gasteiger partial charge < -0.3 is 15.1 Å². The number of hydrogen-bond donors (Lipinski definition) is 1. The largest absolute Gasteiger partial charge is 0.313 e. The van der Waals surface area contributed by atoms with E-state index < -0.39 is 0 Å². The van der Waals surface area contributed by atoms with Crippen molar-refractivity contribution >= 4 is 0 Å². The van der Waals surface area contributed by atoms with Crippen LogP contribution in [0, 0.1) is 11.8 Å². The third-order valence-corrected chi connectivity index (χ3v) is 5.66. The maximum atomic E-state index is 3.89. The number of piperidine rings is 1. The summed E-state index contributed by atoms with van der Waals surface area (Å²) >= 11 is 0. The van der Waals surface area contributed by atoms with Crippen LogP contribution in [-0.2, 0) is 0 Å². The molecule has 0 amide bonds. The van der Waals surface area contributed by atoms with Gasteiger partial charge in [0, 0.05) is 31.2 Å². The van der Waals surface area contributed by atoms with Crippen LogP contribution in [0.1, 0.15) is 39.5 Å². The minimum Gasteiger partial charge on any atom is -0.313 e. The van der Waals surface area contributed by atoms with Crippen molar-refractivity contribution < 1.29 is 0 Å². The highest BCUT2D eigenvalue weighted by atomic mass is 15.2. The van der Waals surface area contributed by atoms with E-state index in [9.17, 15) is 0 Å². The molecular formula is C16H31N3. The van der Waals surface area contributed by atoms with Crippen molar-refractivity contribution in [1.82, 2.24) is 15.1 Å². The summed E-state index contributed by atoms with van der Waals surface area (Å²) in [5.74, 6) is 1.70. The highest BCUT2D eigenvalue weighted by Gasteiger charge is 2.35. The topological polar surface area (TPSA) is 18.5 Å². The summed E-state index contributed by atoms with van der Waals surface area (Å²) in [6.07, 6.45) is 5.66. The molecule has 2 saturated heterocycles. The Kier molecular flexibility index (Phi) is 4.16. The third kappa shape index (κ3) is 3.32. The quantitative estimate of drug-likeness (QED) is 0.836. The van der Waals surface area contributed by atoms with Gasteiger partial charge in [0.25, 0.3) is 0 Å². The summed E-state index contributed by atoms with van der Waals surface area (Å²) < 4.78 is 0. The minimum absolute atomic E-state index is 0.736. The molecule has 4 atom stereocenters. The summed E-state index contributed by atoms with van der Waals surface area (Å²) in [6, 6.07) is 2.44. The standard InChI is InChI=1S/C16H31N3/c1-12-10-18(3)13(2)8-16(12)17-9-14-6-7-19(11-14)15-4-5-15/h12-17H,4-11H2,1-3H3. The third-order valence-electron chi connectivity index (χ3n) is 5.66. The molecule has 2 aliphatic heterocycles. The number of rotatable bonds is 4. The Morgan fingerprint density at radius 2 is 1.89 bits per heavy atom. The van der Waals surface area contributed by atoms with Crippen LogP contribution in [0.2, 0.25) is 0 Å². The molecule has 3 heteroatoms. The summed E-state index contributed by atoms with van der Waals surface area (Å²) in [6.45, 7) is 9.98. The molecule has 110 valence electrons. The number of likely N-dealkylation sites (tertiary alicyclic amines) is 2. The Morgan fingerprint density at radius 1 is 1.11 bits per heavy atom. The molecule has 4 unspecified atom stereocenters. The van der Waals surface area contributed by atoms with Crippen LogP contribution in [0.5, 0.6) is 0 Å². The van der Waals surface area contributed by atoms with Crippen molar-refractivity contribution in [3.05, 3.63) is 0 Å². The van der Waals surface area contributed by atoms with Crippen molar-refractivity contribution in [2.24, 2.45) is 11.8 Å². The van der Waals surface area contributed by atoms with E-state index in [2.05, 4.69) is 36.0 Å². The van der Waals surface area contributed by atoms with Gasteiger partial charge in [-0.05, 0) is 64.6 Å². The predicted molar refractivity (Wildman–Crippen MR) is 80.4 cm³/mol. The highest BCUT2D eigenvalue weighted by Crippen LogP contribution is 2.31. The molecule has 1 aliphatic carbocycles. The first-order chi connectivity index (χ1) is 9.13. The molecule has 3 nitrogen and oxygen atoms in total. The summed E-state index contributed by atoms with van der Waals surface area (Å²) in [5.41, 5.74) is 0. The van der Waals surface area contributed by atoms with Crippen LogP contribution in [0.3, 0.4) is 0 Å². The van der Waals surface area contributed by atoms with Crippen LogP contribution in [0.25, 0.3) is 0 Å². The van der Waals surface area contributed by atoms with Gasteiger partial charge in [-0.1, -0.05) is 6.92 Å². The number of nitrogens with zero attached hydrogens (tertiary/aromatic N) is 2. The lowest BCUT2D eigenvalue weighted by molar-refractivity contribution is 0.119. The van der Waals surface area contributed by atoms with E-state index >= 15 is 0 Å². The molecule has 19 heavy (non-hydrogen) atoms. The lowest BCUT2D eigenvalue weighted by atomic mass is 9.89. The van der Waals surface area contributed by atoms with Gasteiger partial charge in [0.2, 0.25) is 0 Å².